The van der Waals surface area contributed by atoms with Gasteiger partial charge in [-0.3, -0.25) is 9.59 Å². The second-order valence-electron chi connectivity index (χ2n) is 6.97. The van der Waals surface area contributed by atoms with E-state index in [1.54, 1.807) is 6.92 Å². The molecule has 0 fully saturated rings. The maximum atomic E-state index is 14.0. The largest absolute Gasteiger partial charge is 0.479 e. The van der Waals surface area contributed by atoms with E-state index in [9.17, 15) is 31.5 Å². The lowest BCUT2D eigenvalue weighted by Gasteiger charge is -2.33. The van der Waals surface area contributed by atoms with E-state index in [0.717, 1.165) is 12.1 Å². The SMILES string of the molecule is CCOC1=C2[C](C=CN1)NC(=O)C(CC(=O)N[C@@H](C)c1ccc(F)cc1F)=C2C(F)(F)F.[HH].[HH]. The Morgan fingerprint density at radius 3 is 2.62 bits per heavy atom. The summed E-state index contributed by atoms with van der Waals surface area (Å²) in [7, 11) is 0. The van der Waals surface area contributed by atoms with E-state index < -0.39 is 58.8 Å². The lowest BCUT2D eigenvalue weighted by Crippen LogP contribution is -2.43. The first-order valence-corrected chi connectivity index (χ1v) is 9.56. The number of halogens is 5. The van der Waals surface area contributed by atoms with Crippen LogP contribution in [0.5, 0.6) is 0 Å². The van der Waals surface area contributed by atoms with Crippen molar-refractivity contribution in [3.05, 3.63) is 76.3 Å². The highest BCUT2D eigenvalue weighted by Gasteiger charge is 2.48. The Labute approximate surface area is 183 Å². The fraction of sp³-hybridized carbons (Fsp3) is 0.286. The number of ether oxygens (including phenoxy) is 1. The molecule has 6 nitrogen and oxygen atoms in total. The van der Waals surface area contributed by atoms with Crippen molar-refractivity contribution in [3.8, 4) is 0 Å². The molecule has 2 amide bonds. The number of carbonyl (C=O) groups is 2. The Balaban J connectivity index is 0.00000289. The highest BCUT2D eigenvalue weighted by molar-refractivity contribution is 6.03. The minimum Gasteiger partial charge on any atom is -0.479 e. The zero-order valence-electron chi connectivity index (χ0n) is 17.0. The summed E-state index contributed by atoms with van der Waals surface area (Å²) >= 11 is 0. The van der Waals surface area contributed by atoms with Crippen LogP contribution < -0.4 is 16.0 Å². The van der Waals surface area contributed by atoms with Gasteiger partial charge in [-0.25, -0.2) is 8.78 Å². The molecular weight excluding hydrogens is 437 g/mol. The zero-order chi connectivity index (χ0) is 23.6. The van der Waals surface area contributed by atoms with Gasteiger partial charge >= 0.3 is 6.18 Å². The number of fused-ring (bicyclic) bond motifs is 1. The maximum absolute atomic E-state index is 14.0. The van der Waals surface area contributed by atoms with Crippen LogP contribution in [0.4, 0.5) is 22.0 Å². The van der Waals surface area contributed by atoms with Gasteiger partial charge in [-0.05, 0) is 26.0 Å². The van der Waals surface area contributed by atoms with E-state index in [-0.39, 0.29) is 26.9 Å². The van der Waals surface area contributed by atoms with Crippen molar-refractivity contribution in [2.24, 2.45) is 0 Å². The number of alkyl halides is 3. The summed E-state index contributed by atoms with van der Waals surface area (Å²) in [5.41, 5.74) is -2.58. The third kappa shape index (κ3) is 4.76. The molecule has 0 aromatic heterocycles. The normalized spacial score (nSPS) is 17.5. The van der Waals surface area contributed by atoms with E-state index in [1.165, 1.54) is 19.2 Å². The second-order valence-corrected chi connectivity index (χ2v) is 6.97. The van der Waals surface area contributed by atoms with E-state index in [2.05, 4.69) is 16.0 Å². The van der Waals surface area contributed by atoms with Gasteiger partial charge in [0.05, 0.1) is 30.2 Å². The highest BCUT2D eigenvalue weighted by atomic mass is 19.4. The van der Waals surface area contributed by atoms with Gasteiger partial charge in [0.25, 0.3) is 0 Å². The summed E-state index contributed by atoms with van der Waals surface area (Å²) in [4.78, 5) is 25.0. The van der Waals surface area contributed by atoms with Gasteiger partial charge in [-0.15, -0.1) is 0 Å². The van der Waals surface area contributed by atoms with Crippen molar-refractivity contribution >= 4 is 11.8 Å². The molecule has 0 saturated carbocycles. The Kier molecular flexibility index (Phi) is 6.56. The van der Waals surface area contributed by atoms with E-state index in [4.69, 9.17) is 4.74 Å². The molecular formula is C21H23F5N3O3. The summed E-state index contributed by atoms with van der Waals surface area (Å²) in [6.07, 6.45) is -3.34. The molecule has 0 unspecified atom stereocenters. The standard InChI is InChI=1S/C21H19F5N3O3.2H2/c1-3-32-20-17-15(6-7-27-20)29-19(31)13(18(17)21(24,25)26)9-16(30)28-10(2)12-5-4-11(22)8-14(12)23;;/h4-8,10,27H,3,9H2,1-2H3,(H,28,30)(H,29,31);2*1H/t10-;;/m0../s1. The first kappa shape index (κ1) is 23.3. The highest BCUT2D eigenvalue weighted by Crippen LogP contribution is 2.43. The lowest BCUT2D eigenvalue weighted by molar-refractivity contribution is -0.125. The Morgan fingerprint density at radius 2 is 2.00 bits per heavy atom. The molecule has 3 rings (SSSR count). The van der Waals surface area contributed by atoms with Crippen LogP contribution in [-0.4, -0.2) is 24.6 Å². The lowest BCUT2D eigenvalue weighted by atomic mass is 9.86. The van der Waals surface area contributed by atoms with Crippen LogP contribution in [0.2, 0.25) is 0 Å². The van der Waals surface area contributed by atoms with Gasteiger partial charge < -0.3 is 20.7 Å². The summed E-state index contributed by atoms with van der Waals surface area (Å²) in [5.74, 6) is -3.99. The number of amides is 2. The predicted molar refractivity (Wildman–Crippen MR) is 107 cm³/mol. The van der Waals surface area contributed by atoms with Crippen molar-refractivity contribution in [1.82, 2.24) is 16.0 Å². The van der Waals surface area contributed by atoms with Crippen LogP contribution in [0, 0.1) is 17.7 Å². The third-order valence-electron chi connectivity index (χ3n) is 4.75. The minimum atomic E-state index is -4.97. The number of rotatable bonds is 6. The molecule has 0 saturated heterocycles. The average Bonchev–Trinajstić information content (AvgIpc) is 2.68. The van der Waals surface area contributed by atoms with E-state index >= 15 is 0 Å². The Bertz CT molecular complexity index is 1040. The fourth-order valence-electron chi connectivity index (χ4n) is 3.42. The molecule has 32 heavy (non-hydrogen) atoms. The van der Waals surface area contributed by atoms with Crippen LogP contribution in [0.1, 0.15) is 34.7 Å². The summed E-state index contributed by atoms with van der Waals surface area (Å²) in [6.45, 7) is 3.02. The summed E-state index contributed by atoms with van der Waals surface area (Å²) in [5, 5.41) is 7.25. The number of carbonyl (C=O) groups excluding carboxylic acids is 2. The quantitative estimate of drug-likeness (QED) is 0.563. The monoisotopic (exact) mass is 460 g/mol. The first-order chi connectivity index (χ1) is 15.0. The van der Waals surface area contributed by atoms with Crippen LogP contribution >= 0.6 is 0 Å². The molecule has 1 atom stereocenters. The van der Waals surface area contributed by atoms with E-state index in [0.29, 0.717) is 6.07 Å². The average molecular weight is 460 g/mol. The van der Waals surface area contributed by atoms with Gasteiger partial charge in [0.1, 0.15) is 17.7 Å². The smallest absolute Gasteiger partial charge is 0.417 e. The molecule has 0 aliphatic carbocycles. The first-order valence-electron chi connectivity index (χ1n) is 9.56. The Morgan fingerprint density at radius 1 is 1.28 bits per heavy atom. The van der Waals surface area contributed by atoms with Gasteiger partial charge in [0, 0.05) is 26.3 Å². The minimum absolute atomic E-state index is 0. The number of hydrogen-bond donors (Lipinski definition) is 3. The number of nitrogens with one attached hydrogen (secondary N) is 3. The molecule has 2 heterocycles. The van der Waals surface area contributed by atoms with Crippen LogP contribution in [-0.2, 0) is 14.3 Å². The number of hydrogen-bond acceptors (Lipinski definition) is 4. The van der Waals surface area contributed by atoms with Crippen molar-refractivity contribution in [3.63, 3.8) is 0 Å². The molecule has 175 valence electrons. The summed E-state index contributed by atoms with van der Waals surface area (Å²) in [6, 6.07) is 1.63. The van der Waals surface area contributed by atoms with Crippen LogP contribution in [0.15, 0.2) is 53.1 Å². The van der Waals surface area contributed by atoms with E-state index in [1.807, 2.05) is 0 Å². The topological polar surface area (TPSA) is 79.5 Å². The van der Waals surface area contributed by atoms with Crippen molar-refractivity contribution in [2.45, 2.75) is 32.5 Å². The number of benzene rings is 1. The fourth-order valence-corrected chi connectivity index (χ4v) is 3.42. The van der Waals surface area contributed by atoms with Crippen molar-refractivity contribution in [1.29, 1.82) is 0 Å². The molecule has 2 aliphatic heterocycles. The van der Waals surface area contributed by atoms with Crippen molar-refractivity contribution < 1.29 is 39.1 Å². The van der Waals surface area contributed by atoms with Crippen LogP contribution in [0.3, 0.4) is 0 Å². The molecule has 11 heteroatoms. The van der Waals surface area contributed by atoms with Gasteiger partial charge in [-0.2, -0.15) is 13.2 Å². The molecule has 1 aromatic carbocycles. The van der Waals surface area contributed by atoms with Gasteiger partial charge in [0.15, 0.2) is 5.88 Å². The molecule has 2 aliphatic rings. The summed E-state index contributed by atoms with van der Waals surface area (Å²) < 4.78 is 74.3. The number of dihydropyridines is 1. The van der Waals surface area contributed by atoms with Gasteiger partial charge in [0.2, 0.25) is 11.8 Å². The Hall–Kier alpha value is -3.37. The van der Waals surface area contributed by atoms with Crippen LogP contribution in [0.25, 0.3) is 0 Å². The molecule has 3 N–H and O–H groups in total. The second kappa shape index (κ2) is 9.01. The molecule has 0 spiro atoms. The molecule has 1 radical (unpaired) electrons. The third-order valence-corrected chi connectivity index (χ3v) is 4.75. The van der Waals surface area contributed by atoms with Crippen molar-refractivity contribution in [2.75, 3.05) is 6.61 Å². The maximum Gasteiger partial charge on any atom is 0.417 e. The predicted octanol–water partition coefficient (Wildman–Crippen LogP) is 3.91. The zero-order valence-corrected chi connectivity index (χ0v) is 17.0. The molecule has 1 aromatic rings. The van der Waals surface area contributed by atoms with Gasteiger partial charge in [-0.1, -0.05) is 6.07 Å². The molecule has 0 bridgehead atoms.